The second-order valence-electron chi connectivity index (χ2n) is 26.7. The molecular formula is C73H53N3. The molecule has 5 fully saturated rings. The monoisotopic (exact) mass is 971 g/mol. The number of fused-ring (bicyclic) bond motifs is 33. The van der Waals surface area contributed by atoms with Crippen LogP contribution in [0.3, 0.4) is 0 Å². The molecule has 0 N–H and O–H groups in total. The molecule has 0 amide bonds. The minimum Gasteiger partial charge on any atom is -0.305 e. The van der Waals surface area contributed by atoms with Gasteiger partial charge in [0.1, 0.15) is 0 Å². The molecule has 0 radical (unpaired) electrons. The smallest absolute Gasteiger partial charge is 0.0732 e. The van der Waals surface area contributed by atoms with E-state index >= 15 is 0 Å². The number of hydrogen-bond acceptors (Lipinski definition) is 2. The van der Waals surface area contributed by atoms with Gasteiger partial charge in [-0.15, -0.1) is 0 Å². The third-order valence-corrected chi connectivity index (χ3v) is 24.3. The van der Waals surface area contributed by atoms with Crippen LogP contribution in [0.15, 0.2) is 152 Å². The molecule has 4 aromatic heterocycles. The third-order valence-electron chi connectivity index (χ3n) is 24.3. The molecule has 23 rings (SSSR count). The van der Waals surface area contributed by atoms with Crippen molar-refractivity contribution in [2.75, 3.05) is 0 Å². The zero-order valence-corrected chi connectivity index (χ0v) is 42.5. The normalized spacial score (nSPS) is 29.1. The average Bonchev–Trinajstić information content (AvgIpc) is 4.45. The highest BCUT2D eigenvalue weighted by Gasteiger charge is 2.66. The molecule has 3 spiro atoms. The van der Waals surface area contributed by atoms with Gasteiger partial charge in [-0.2, -0.15) is 0 Å². The van der Waals surface area contributed by atoms with Crippen molar-refractivity contribution in [1.29, 1.82) is 0 Å². The molecule has 7 bridgehead atoms. The van der Waals surface area contributed by atoms with E-state index in [0.29, 0.717) is 29.1 Å². The molecule has 76 heavy (non-hydrogen) atoms. The molecular weight excluding hydrogens is 919 g/mol. The van der Waals surface area contributed by atoms with Crippen LogP contribution in [0.25, 0.3) is 82.6 Å². The Morgan fingerprint density at radius 3 is 1.47 bits per heavy atom. The summed E-state index contributed by atoms with van der Waals surface area (Å²) in [6.45, 7) is 0. The maximum absolute atomic E-state index is 5.82. The van der Waals surface area contributed by atoms with E-state index in [4.69, 9.17) is 9.97 Å². The molecule has 7 atom stereocenters. The van der Waals surface area contributed by atoms with E-state index < -0.39 is 10.8 Å². The Bertz CT molecular complexity index is 4540. The van der Waals surface area contributed by atoms with Gasteiger partial charge in [0.05, 0.1) is 39.8 Å². The molecule has 4 heterocycles. The predicted octanol–water partition coefficient (Wildman–Crippen LogP) is 17.1. The van der Waals surface area contributed by atoms with Gasteiger partial charge >= 0.3 is 0 Å². The van der Waals surface area contributed by atoms with Gasteiger partial charge in [-0.25, -0.2) is 0 Å². The lowest BCUT2D eigenvalue weighted by atomic mass is 9.56. The molecule has 7 unspecified atom stereocenters. The maximum Gasteiger partial charge on any atom is 0.0732 e. The zero-order valence-electron chi connectivity index (χ0n) is 42.5. The highest BCUT2D eigenvalue weighted by Crippen LogP contribution is 2.77. The molecule has 0 aliphatic heterocycles. The first-order valence-corrected chi connectivity index (χ1v) is 29.4. The topological polar surface area (TPSA) is 30.2 Å². The van der Waals surface area contributed by atoms with E-state index in [1.807, 2.05) is 0 Å². The Morgan fingerprint density at radius 2 is 0.855 bits per heavy atom. The molecule has 12 aliphatic rings. The van der Waals surface area contributed by atoms with Crippen molar-refractivity contribution < 1.29 is 0 Å². The number of pyridine rings is 2. The molecule has 3 heteroatoms. The minimum atomic E-state index is -0.555. The van der Waals surface area contributed by atoms with Gasteiger partial charge in [-0.3, -0.25) is 9.97 Å². The second kappa shape index (κ2) is 12.4. The van der Waals surface area contributed by atoms with Crippen molar-refractivity contribution in [3.63, 3.8) is 0 Å². The van der Waals surface area contributed by atoms with Gasteiger partial charge in [0.25, 0.3) is 0 Å². The van der Waals surface area contributed by atoms with Gasteiger partial charge in [0.15, 0.2) is 0 Å². The van der Waals surface area contributed by atoms with Crippen LogP contribution in [0, 0.1) is 29.1 Å². The number of nitrogens with zero attached hydrogens (tertiary/aromatic N) is 3. The molecule has 5 saturated carbocycles. The lowest BCUT2D eigenvalue weighted by Crippen LogP contribution is -2.41. The number of rotatable bonds is 0. The first-order valence-electron chi connectivity index (χ1n) is 29.4. The van der Waals surface area contributed by atoms with Gasteiger partial charge in [0, 0.05) is 44.8 Å². The van der Waals surface area contributed by atoms with Crippen LogP contribution < -0.4 is 0 Å². The largest absolute Gasteiger partial charge is 0.305 e. The summed E-state index contributed by atoms with van der Waals surface area (Å²) >= 11 is 0. The van der Waals surface area contributed by atoms with Crippen molar-refractivity contribution in [2.45, 2.75) is 98.7 Å². The van der Waals surface area contributed by atoms with E-state index in [9.17, 15) is 0 Å². The molecule has 3 nitrogen and oxygen atoms in total. The Morgan fingerprint density at radius 1 is 0.382 bits per heavy atom. The van der Waals surface area contributed by atoms with Gasteiger partial charge < -0.3 is 4.40 Å². The Hall–Kier alpha value is -7.36. The fraction of sp³-hybridized carbons (Fsp3) is 0.288. The highest BCUT2D eigenvalue weighted by atomic mass is 15.0. The van der Waals surface area contributed by atoms with Gasteiger partial charge in [-0.1, -0.05) is 121 Å². The quantitative estimate of drug-likeness (QED) is 0.152. The van der Waals surface area contributed by atoms with Gasteiger partial charge in [-0.05, 0) is 223 Å². The fourth-order valence-corrected chi connectivity index (χ4v) is 22.2. The van der Waals surface area contributed by atoms with Gasteiger partial charge in [0.2, 0.25) is 0 Å². The lowest BCUT2D eigenvalue weighted by Gasteiger charge is -2.48. The summed E-state index contributed by atoms with van der Waals surface area (Å²) in [6.07, 6.45) is 18.3. The maximum atomic E-state index is 5.82. The summed E-state index contributed by atoms with van der Waals surface area (Å²) in [4.78, 5) is 11.6. The molecule has 12 aliphatic carbocycles. The summed E-state index contributed by atoms with van der Waals surface area (Å²) in [6, 6.07) is 55.8. The lowest BCUT2D eigenvalue weighted by molar-refractivity contribution is 0.00321. The van der Waals surface area contributed by atoms with Crippen LogP contribution >= 0.6 is 0 Å². The summed E-state index contributed by atoms with van der Waals surface area (Å²) < 4.78 is 2.76. The predicted molar refractivity (Wildman–Crippen MR) is 303 cm³/mol. The van der Waals surface area contributed by atoms with Crippen molar-refractivity contribution in [2.24, 2.45) is 29.1 Å². The van der Waals surface area contributed by atoms with E-state index in [1.54, 1.807) is 11.1 Å². The number of aromatic nitrogens is 3. The van der Waals surface area contributed by atoms with Crippen LogP contribution in [0.1, 0.15) is 155 Å². The Labute approximate surface area is 441 Å². The SMILES string of the molecule is c1ccc2c(c1)-c1ccccc1C21c2ccccc2-c2cc3c(cc21)-c1cc2c4c5c(ncc4n4c6cnc7c(c6c(c1C31c3ccccc3-c3ccccc31)c24)C1CC2CC3CC7CC32C1)C1CC2CC(C1)CC5C2. The first-order chi connectivity index (χ1) is 37.6. The standard InChI is InChI=1S/C73H53N3/c1-6-16-53-44(11-1)45-12-2-7-17-54(45)72(53)55-18-8-5-15-48(55)49-30-59-50(31-58(49)72)51-29-52-64-60(34-74-68-39-24-36-21-37(25-39)23-38(22-36)62(64)68)76-61-35-75-69-41-27-43-28-42-26-40(32-71(42,43)33-41)63(69)65(61)66(70(52)76)67(51)73(59)56-19-9-3-13-46(56)47-14-4-10-20-57(47)73/h1-20,29-31,34-43H,21-28,32-33H2. The van der Waals surface area contributed by atoms with Crippen LogP contribution in [0.4, 0.5) is 0 Å². The minimum absolute atomic E-state index is 0.443. The second-order valence-corrected chi connectivity index (χ2v) is 26.7. The van der Waals surface area contributed by atoms with Crippen LogP contribution in [-0.2, 0) is 10.8 Å². The number of benzene rings is 7. The molecule has 360 valence electrons. The first kappa shape index (κ1) is 39.1. The van der Waals surface area contributed by atoms with Crippen molar-refractivity contribution in [3.8, 4) is 44.5 Å². The van der Waals surface area contributed by atoms with E-state index in [-0.39, 0.29) is 0 Å². The van der Waals surface area contributed by atoms with Crippen LogP contribution in [0.2, 0.25) is 0 Å². The van der Waals surface area contributed by atoms with E-state index in [2.05, 4.69) is 156 Å². The summed E-state index contributed by atoms with van der Waals surface area (Å²) in [7, 11) is 0. The summed E-state index contributed by atoms with van der Waals surface area (Å²) in [5, 5.41) is 6.03. The highest BCUT2D eigenvalue weighted by molar-refractivity contribution is 6.29. The van der Waals surface area contributed by atoms with Crippen molar-refractivity contribution >= 4 is 38.1 Å². The zero-order chi connectivity index (χ0) is 48.4. The Kier molecular flexibility index (Phi) is 6.38. The summed E-state index contributed by atoms with van der Waals surface area (Å²) in [5.74, 6) is 5.65. The van der Waals surface area contributed by atoms with Crippen LogP contribution in [-0.4, -0.2) is 14.4 Å². The molecule has 0 saturated heterocycles. The third kappa shape index (κ3) is 3.89. The number of hydrogen-bond donors (Lipinski definition) is 0. The van der Waals surface area contributed by atoms with Crippen LogP contribution in [0.5, 0.6) is 0 Å². The average molecular weight is 972 g/mol. The van der Waals surface area contributed by atoms with E-state index in [0.717, 1.165) is 23.7 Å². The van der Waals surface area contributed by atoms with Crippen molar-refractivity contribution in [1.82, 2.24) is 14.4 Å². The summed E-state index contributed by atoms with van der Waals surface area (Å²) in [5.41, 5.74) is 32.4. The molecule has 11 aromatic rings. The Balaban J connectivity index is 0.965. The fourth-order valence-electron chi connectivity index (χ4n) is 22.2. The van der Waals surface area contributed by atoms with E-state index in [1.165, 1.54) is 203 Å². The molecule has 7 aromatic carbocycles. The van der Waals surface area contributed by atoms with Crippen molar-refractivity contribution in [3.05, 3.63) is 219 Å².